The van der Waals surface area contributed by atoms with Crippen LogP contribution in [0.4, 0.5) is 25.8 Å². The van der Waals surface area contributed by atoms with E-state index in [1.807, 2.05) is 12.1 Å². The van der Waals surface area contributed by atoms with Gasteiger partial charge in [0.25, 0.3) is 11.8 Å². The van der Waals surface area contributed by atoms with Crippen LogP contribution in [0.3, 0.4) is 0 Å². The van der Waals surface area contributed by atoms with E-state index in [9.17, 15) is 18.4 Å². The Morgan fingerprint density at radius 1 is 0.968 bits per heavy atom. The quantitative estimate of drug-likeness (QED) is 0.581. The fourth-order valence-corrected chi connectivity index (χ4v) is 3.22. The number of aromatic amines is 1. The van der Waals surface area contributed by atoms with Gasteiger partial charge in [0.15, 0.2) is 0 Å². The lowest BCUT2D eigenvalue weighted by atomic mass is 10.2. The number of amides is 2. The molecule has 0 bridgehead atoms. The van der Waals surface area contributed by atoms with Crippen molar-refractivity contribution in [2.24, 2.45) is 0 Å². The summed E-state index contributed by atoms with van der Waals surface area (Å²) in [7, 11) is 0. The average Bonchev–Trinajstić information content (AvgIpc) is 3.23. The molecule has 4 rings (SSSR count). The molecule has 8 nitrogen and oxygen atoms in total. The molecule has 3 N–H and O–H groups in total. The number of H-pyrrole nitrogens is 1. The maximum Gasteiger partial charge on any atom is 0.275 e. The average molecular weight is 427 g/mol. The van der Waals surface area contributed by atoms with E-state index in [4.69, 9.17) is 4.74 Å². The van der Waals surface area contributed by atoms with Crippen molar-refractivity contribution in [2.75, 3.05) is 41.8 Å². The SMILES string of the molecule is O=C(Nc1ccc(N2CCOCC2)cc1)c1[nH]ncc1NC(=O)c1c(F)cccc1F. The highest BCUT2D eigenvalue weighted by molar-refractivity contribution is 6.11. The van der Waals surface area contributed by atoms with Gasteiger partial charge in [0.05, 0.1) is 25.1 Å². The third kappa shape index (κ3) is 4.53. The molecule has 2 amide bonds. The summed E-state index contributed by atoms with van der Waals surface area (Å²) in [5.74, 6) is -3.61. The lowest BCUT2D eigenvalue weighted by molar-refractivity contribution is 0.101. The smallest absolute Gasteiger partial charge is 0.275 e. The number of rotatable bonds is 5. The predicted octanol–water partition coefficient (Wildman–Crippen LogP) is 3.03. The van der Waals surface area contributed by atoms with E-state index in [0.29, 0.717) is 18.9 Å². The van der Waals surface area contributed by atoms with Gasteiger partial charge in [-0.3, -0.25) is 14.7 Å². The van der Waals surface area contributed by atoms with Crippen molar-refractivity contribution >= 4 is 28.9 Å². The van der Waals surface area contributed by atoms with Crippen LogP contribution in [0.15, 0.2) is 48.7 Å². The van der Waals surface area contributed by atoms with Gasteiger partial charge in [0.2, 0.25) is 0 Å². The number of ether oxygens (including phenoxy) is 1. The Bertz CT molecular complexity index is 1070. The summed E-state index contributed by atoms with van der Waals surface area (Å²) in [6.07, 6.45) is 1.19. The minimum Gasteiger partial charge on any atom is -0.378 e. The van der Waals surface area contributed by atoms with E-state index < -0.39 is 29.0 Å². The Labute approximate surface area is 176 Å². The van der Waals surface area contributed by atoms with Gasteiger partial charge in [-0.25, -0.2) is 8.78 Å². The van der Waals surface area contributed by atoms with Crippen LogP contribution in [-0.2, 0) is 4.74 Å². The molecule has 1 aromatic heterocycles. The number of morpholine rings is 1. The first-order chi connectivity index (χ1) is 15.0. The lowest BCUT2D eigenvalue weighted by Gasteiger charge is -2.28. The number of benzene rings is 2. The minimum absolute atomic E-state index is 0.00455. The van der Waals surface area contributed by atoms with Gasteiger partial charge >= 0.3 is 0 Å². The van der Waals surface area contributed by atoms with Crippen LogP contribution in [0.1, 0.15) is 20.8 Å². The molecule has 2 heterocycles. The van der Waals surface area contributed by atoms with Crippen LogP contribution in [0.5, 0.6) is 0 Å². The number of hydrogen-bond donors (Lipinski definition) is 3. The van der Waals surface area contributed by atoms with Crippen molar-refractivity contribution in [3.63, 3.8) is 0 Å². The van der Waals surface area contributed by atoms with Crippen LogP contribution >= 0.6 is 0 Å². The van der Waals surface area contributed by atoms with Crippen molar-refractivity contribution < 1.29 is 23.1 Å². The second-order valence-electron chi connectivity index (χ2n) is 6.81. The zero-order valence-electron chi connectivity index (χ0n) is 16.3. The molecule has 0 spiro atoms. The van der Waals surface area contributed by atoms with Crippen LogP contribution in [0, 0.1) is 11.6 Å². The number of carbonyl (C=O) groups excluding carboxylic acids is 2. The third-order valence-corrected chi connectivity index (χ3v) is 4.81. The van der Waals surface area contributed by atoms with E-state index in [0.717, 1.165) is 37.0 Å². The molecule has 10 heteroatoms. The molecule has 1 saturated heterocycles. The zero-order chi connectivity index (χ0) is 21.8. The van der Waals surface area contributed by atoms with Gasteiger partial charge in [0, 0.05) is 24.5 Å². The van der Waals surface area contributed by atoms with Crippen molar-refractivity contribution in [1.29, 1.82) is 0 Å². The predicted molar refractivity (Wildman–Crippen MR) is 110 cm³/mol. The molecular formula is C21H19F2N5O3. The molecule has 2 aromatic carbocycles. The van der Waals surface area contributed by atoms with E-state index >= 15 is 0 Å². The molecular weight excluding hydrogens is 408 g/mol. The van der Waals surface area contributed by atoms with Gasteiger partial charge < -0.3 is 20.3 Å². The highest BCUT2D eigenvalue weighted by Crippen LogP contribution is 2.21. The van der Waals surface area contributed by atoms with Gasteiger partial charge in [-0.05, 0) is 36.4 Å². The number of nitrogens with zero attached hydrogens (tertiary/aromatic N) is 2. The largest absolute Gasteiger partial charge is 0.378 e. The molecule has 0 aliphatic carbocycles. The van der Waals surface area contributed by atoms with Crippen LogP contribution < -0.4 is 15.5 Å². The van der Waals surface area contributed by atoms with E-state index in [1.54, 1.807) is 12.1 Å². The first-order valence-electron chi connectivity index (χ1n) is 9.56. The molecule has 1 aliphatic heterocycles. The summed E-state index contributed by atoms with van der Waals surface area (Å²) in [6.45, 7) is 2.93. The fraction of sp³-hybridized carbons (Fsp3) is 0.190. The second kappa shape index (κ2) is 8.92. The lowest BCUT2D eigenvalue weighted by Crippen LogP contribution is -2.36. The summed E-state index contributed by atoms with van der Waals surface area (Å²) < 4.78 is 33.0. The van der Waals surface area contributed by atoms with Gasteiger partial charge in [-0.2, -0.15) is 5.10 Å². The first kappa shape index (κ1) is 20.5. The summed E-state index contributed by atoms with van der Waals surface area (Å²) in [5.41, 5.74) is 0.753. The Hall–Kier alpha value is -3.79. The highest BCUT2D eigenvalue weighted by atomic mass is 19.1. The molecule has 0 radical (unpaired) electrons. The van der Waals surface area contributed by atoms with Crippen LogP contribution in [-0.4, -0.2) is 48.3 Å². The summed E-state index contributed by atoms with van der Waals surface area (Å²) in [6, 6.07) is 10.4. The molecule has 31 heavy (non-hydrogen) atoms. The molecule has 0 atom stereocenters. The third-order valence-electron chi connectivity index (χ3n) is 4.81. The number of carbonyl (C=O) groups is 2. The van der Waals surface area contributed by atoms with Gasteiger partial charge in [0.1, 0.15) is 22.9 Å². The number of halogens is 2. The second-order valence-corrected chi connectivity index (χ2v) is 6.81. The van der Waals surface area contributed by atoms with Crippen molar-refractivity contribution in [2.45, 2.75) is 0 Å². The Morgan fingerprint density at radius 3 is 2.32 bits per heavy atom. The van der Waals surface area contributed by atoms with Crippen LogP contribution in [0.2, 0.25) is 0 Å². The summed E-state index contributed by atoms with van der Waals surface area (Å²) in [5, 5.41) is 11.2. The maximum atomic E-state index is 13.8. The Balaban J connectivity index is 1.44. The fourth-order valence-electron chi connectivity index (χ4n) is 3.22. The molecule has 0 saturated carbocycles. The zero-order valence-corrected chi connectivity index (χ0v) is 16.3. The van der Waals surface area contributed by atoms with Crippen molar-refractivity contribution in [3.05, 3.63) is 71.6 Å². The van der Waals surface area contributed by atoms with Crippen LogP contribution in [0.25, 0.3) is 0 Å². The monoisotopic (exact) mass is 427 g/mol. The topological polar surface area (TPSA) is 99.3 Å². The Kier molecular flexibility index (Phi) is 5.89. The van der Waals surface area contributed by atoms with E-state index in [-0.39, 0.29) is 11.4 Å². The van der Waals surface area contributed by atoms with Crippen molar-refractivity contribution in [3.8, 4) is 0 Å². The number of aromatic nitrogens is 2. The minimum atomic E-state index is -1.03. The summed E-state index contributed by atoms with van der Waals surface area (Å²) >= 11 is 0. The Morgan fingerprint density at radius 2 is 1.65 bits per heavy atom. The molecule has 0 unspecified atom stereocenters. The molecule has 1 fully saturated rings. The molecule has 3 aromatic rings. The summed E-state index contributed by atoms with van der Waals surface area (Å²) in [4.78, 5) is 27.1. The maximum absolute atomic E-state index is 13.8. The standard InChI is InChI=1S/C21H19F2N5O3/c22-15-2-1-3-16(23)18(15)20(29)26-17-12-24-27-19(17)21(30)25-13-4-6-14(7-5-13)28-8-10-31-11-9-28/h1-7,12H,8-11H2,(H,24,27)(H,25,30)(H,26,29). The number of nitrogens with one attached hydrogen (secondary N) is 3. The highest BCUT2D eigenvalue weighted by Gasteiger charge is 2.21. The molecule has 160 valence electrons. The first-order valence-corrected chi connectivity index (χ1v) is 9.56. The van der Waals surface area contributed by atoms with Gasteiger partial charge in [-0.1, -0.05) is 6.07 Å². The number of hydrogen-bond acceptors (Lipinski definition) is 5. The van der Waals surface area contributed by atoms with Gasteiger partial charge in [-0.15, -0.1) is 0 Å². The van der Waals surface area contributed by atoms with E-state index in [1.165, 1.54) is 6.20 Å². The normalized spacial score (nSPS) is 13.7. The van der Waals surface area contributed by atoms with Crippen molar-refractivity contribution in [1.82, 2.24) is 10.2 Å². The van der Waals surface area contributed by atoms with E-state index in [2.05, 4.69) is 25.7 Å². The number of anilines is 3. The molecule has 1 aliphatic rings.